The summed E-state index contributed by atoms with van der Waals surface area (Å²) in [5, 5.41) is 2.94. The number of nitrogens with zero attached hydrogens (tertiary/aromatic N) is 1. The average Bonchev–Trinajstić information content (AvgIpc) is 2.79. The molecule has 0 saturated heterocycles. The zero-order valence-corrected chi connectivity index (χ0v) is 18.2. The quantitative estimate of drug-likeness (QED) is 0.660. The van der Waals surface area contributed by atoms with Gasteiger partial charge in [-0.1, -0.05) is 60.2 Å². The predicted octanol–water partition coefficient (Wildman–Crippen LogP) is 3.83. The number of para-hydroxylation sites is 2. The molecule has 0 fully saturated rings. The number of ether oxygens (including phenoxy) is 1. The molecule has 1 amide bonds. The lowest BCUT2D eigenvalue weighted by molar-refractivity contribution is -0.128. The molecule has 1 aliphatic heterocycles. The van der Waals surface area contributed by atoms with Crippen molar-refractivity contribution >= 4 is 21.6 Å². The number of anilines is 1. The fraction of sp³-hybridized carbons (Fsp3) is 0.208. The van der Waals surface area contributed by atoms with E-state index >= 15 is 0 Å². The topological polar surface area (TPSA) is 75.7 Å². The van der Waals surface area contributed by atoms with E-state index in [1.807, 2.05) is 38.1 Å². The van der Waals surface area contributed by atoms with Gasteiger partial charge in [0.1, 0.15) is 5.75 Å². The number of sulfonamides is 1. The number of carbonyl (C=O) groups excluding carboxylic acids is 1. The van der Waals surface area contributed by atoms with Gasteiger partial charge in [0.15, 0.2) is 6.10 Å². The van der Waals surface area contributed by atoms with Gasteiger partial charge in [0.05, 0.1) is 23.2 Å². The van der Waals surface area contributed by atoms with Crippen LogP contribution in [0.3, 0.4) is 0 Å². The third-order valence-corrected chi connectivity index (χ3v) is 7.09. The van der Waals surface area contributed by atoms with E-state index in [1.165, 1.54) is 4.31 Å². The van der Waals surface area contributed by atoms with Crippen LogP contribution in [0.4, 0.5) is 5.69 Å². The average molecular weight is 437 g/mol. The largest absolute Gasteiger partial charge is 0.476 e. The fourth-order valence-corrected chi connectivity index (χ4v) is 5.03. The van der Waals surface area contributed by atoms with Gasteiger partial charge in [-0.2, -0.15) is 0 Å². The highest BCUT2D eigenvalue weighted by Gasteiger charge is 2.37. The van der Waals surface area contributed by atoms with Crippen molar-refractivity contribution in [2.24, 2.45) is 0 Å². The Morgan fingerprint density at radius 1 is 1.00 bits per heavy atom. The van der Waals surface area contributed by atoms with E-state index in [0.717, 1.165) is 11.1 Å². The summed E-state index contributed by atoms with van der Waals surface area (Å²) in [5.41, 5.74) is 2.52. The molecule has 160 valence electrons. The highest BCUT2D eigenvalue weighted by atomic mass is 32.2. The third-order valence-electron chi connectivity index (χ3n) is 5.29. The summed E-state index contributed by atoms with van der Waals surface area (Å²) in [6.45, 7) is 3.78. The van der Waals surface area contributed by atoms with Crippen LogP contribution in [0.25, 0.3) is 0 Å². The van der Waals surface area contributed by atoms with Crippen molar-refractivity contribution in [2.45, 2.75) is 30.9 Å². The molecule has 4 rings (SSSR count). The Morgan fingerprint density at radius 2 is 1.65 bits per heavy atom. The van der Waals surface area contributed by atoms with Crippen LogP contribution in [-0.2, 0) is 14.8 Å². The number of aryl methyl sites for hydroxylation is 1. The number of nitrogens with one attached hydrogen (secondary N) is 1. The lowest BCUT2D eigenvalue weighted by Gasteiger charge is -2.35. The number of hydrogen-bond acceptors (Lipinski definition) is 4. The molecule has 0 spiro atoms. The summed E-state index contributed by atoms with van der Waals surface area (Å²) in [5.74, 6) is -0.00719. The summed E-state index contributed by atoms with van der Waals surface area (Å²) in [6, 6.07) is 22.7. The van der Waals surface area contributed by atoms with Crippen LogP contribution in [0.1, 0.15) is 24.1 Å². The van der Waals surface area contributed by atoms with Crippen LogP contribution in [-0.4, -0.2) is 27.0 Å². The Bertz CT molecular complexity index is 1180. The van der Waals surface area contributed by atoms with Crippen molar-refractivity contribution in [1.29, 1.82) is 0 Å². The monoisotopic (exact) mass is 436 g/mol. The second kappa shape index (κ2) is 8.43. The Hall–Kier alpha value is -3.32. The summed E-state index contributed by atoms with van der Waals surface area (Å²) in [6.07, 6.45) is -0.971. The van der Waals surface area contributed by atoms with Crippen molar-refractivity contribution in [3.8, 4) is 5.75 Å². The zero-order chi connectivity index (χ0) is 22.0. The van der Waals surface area contributed by atoms with Gasteiger partial charge in [0.25, 0.3) is 15.9 Å². The van der Waals surface area contributed by atoms with Crippen molar-refractivity contribution in [3.63, 3.8) is 0 Å². The number of rotatable bonds is 5. The Morgan fingerprint density at radius 3 is 2.35 bits per heavy atom. The number of carbonyl (C=O) groups is 1. The van der Waals surface area contributed by atoms with Crippen LogP contribution < -0.4 is 14.4 Å². The number of benzene rings is 3. The van der Waals surface area contributed by atoms with Gasteiger partial charge in [-0.3, -0.25) is 9.10 Å². The first kappa shape index (κ1) is 20.9. The van der Waals surface area contributed by atoms with E-state index in [-0.39, 0.29) is 23.4 Å². The minimum Gasteiger partial charge on any atom is -0.476 e. The maximum absolute atomic E-state index is 13.3. The summed E-state index contributed by atoms with van der Waals surface area (Å²) in [7, 11) is -3.85. The van der Waals surface area contributed by atoms with Crippen molar-refractivity contribution in [1.82, 2.24) is 5.32 Å². The van der Waals surface area contributed by atoms with Crippen LogP contribution in [0.2, 0.25) is 0 Å². The van der Waals surface area contributed by atoms with E-state index < -0.39 is 16.1 Å². The second-order valence-corrected chi connectivity index (χ2v) is 9.43. The molecule has 0 aromatic heterocycles. The Kier molecular flexibility index (Phi) is 5.69. The lowest BCUT2D eigenvalue weighted by atomic mass is 10.1. The minimum atomic E-state index is -3.85. The molecular weight excluding hydrogens is 412 g/mol. The molecule has 1 heterocycles. The van der Waals surface area contributed by atoms with E-state index in [1.54, 1.807) is 54.6 Å². The normalized spacial score (nSPS) is 16.7. The maximum atomic E-state index is 13.3. The first-order valence-corrected chi connectivity index (χ1v) is 11.5. The fourth-order valence-electron chi connectivity index (χ4n) is 3.53. The molecule has 7 heteroatoms. The van der Waals surface area contributed by atoms with Crippen molar-refractivity contribution in [3.05, 3.63) is 90.0 Å². The highest BCUT2D eigenvalue weighted by molar-refractivity contribution is 7.92. The molecule has 6 nitrogen and oxygen atoms in total. The maximum Gasteiger partial charge on any atom is 0.264 e. The van der Waals surface area contributed by atoms with Gasteiger partial charge < -0.3 is 10.1 Å². The van der Waals surface area contributed by atoms with Gasteiger partial charge in [-0.25, -0.2) is 8.42 Å². The standard InChI is InChI=1S/C24H24N2O4S/c1-17-12-14-19(15-13-17)18(2)25-24(27)23-16-26(21-10-6-7-11-22(21)30-23)31(28,29)20-8-4-3-5-9-20/h3-15,18,23H,16H2,1-2H3,(H,25,27)/t18-,23+/m0/s1. The smallest absolute Gasteiger partial charge is 0.264 e. The van der Waals surface area contributed by atoms with Crippen molar-refractivity contribution in [2.75, 3.05) is 10.8 Å². The Labute approximate surface area is 182 Å². The van der Waals surface area contributed by atoms with E-state index in [0.29, 0.717) is 11.4 Å². The highest BCUT2D eigenvalue weighted by Crippen LogP contribution is 2.36. The third kappa shape index (κ3) is 4.27. The van der Waals surface area contributed by atoms with Crippen LogP contribution in [0.5, 0.6) is 5.75 Å². The van der Waals surface area contributed by atoms with Gasteiger partial charge in [-0.15, -0.1) is 0 Å². The lowest BCUT2D eigenvalue weighted by Crippen LogP contribution is -2.51. The predicted molar refractivity (Wildman–Crippen MR) is 120 cm³/mol. The molecule has 1 N–H and O–H groups in total. The molecule has 0 aliphatic carbocycles. The van der Waals surface area contributed by atoms with Crippen LogP contribution in [0.15, 0.2) is 83.8 Å². The van der Waals surface area contributed by atoms with Gasteiger partial charge >= 0.3 is 0 Å². The Balaban J connectivity index is 1.60. The number of fused-ring (bicyclic) bond motifs is 1. The minimum absolute atomic E-state index is 0.110. The molecule has 0 saturated carbocycles. The molecule has 0 radical (unpaired) electrons. The van der Waals surface area contributed by atoms with Gasteiger partial charge in [-0.05, 0) is 43.7 Å². The summed E-state index contributed by atoms with van der Waals surface area (Å²) >= 11 is 0. The van der Waals surface area contributed by atoms with E-state index in [9.17, 15) is 13.2 Å². The van der Waals surface area contributed by atoms with Crippen LogP contribution in [0, 0.1) is 6.92 Å². The first-order chi connectivity index (χ1) is 14.9. The molecule has 31 heavy (non-hydrogen) atoms. The molecule has 0 unspecified atom stereocenters. The van der Waals surface area contributed by atoms with Gasteiger partial charge in [0.2, 0.25) is 0 Å². The summed E-state index contributed by atoms with van der Waals surface area (Å²) in [4.78, 5) is 13.2. The molecule has 0 bridgehead atoms. The number of amides is 1. The molecule has 3 aromatic rings. The van der Waals surface area contributed by atoms with Crippen molar-refractivity contribution < 1.29 is 17.9 Å². The first-order valence-electron chi connectivity index (χ1n) is 10.1. The zero-order valence-electron chi connectivity index (χ0n) is 17.4. The SMILES string of the molecule is Cc1ccc([C@H](C)NC(=O)[C@H]2CN(S(=O)(=O)c3ccccc3)c3ccccc3O2)cc1. The van der Waals surface area contributed by atoms with E-state index in [4.69, 9.17) is 4.74 Å². The van der Waals surface area contributed by atoms with Gasteiger partial charge in [0, 0.05) is 0 Å². The molecule has 3 aromatic carbocycles. The van der Waals surface area contributed by atoms with E-state index in [2.05, 4.69) is 5.32 Å². The number of hydrogen-bond donors (Lipinski definition) is 1. The molecular formula is C24H24N2O4S. The summed E-state index contributed by atoms with van der Waals surface area (Å²) < 4.78 is 33.8. The van der Waals surface area contributed by atoms with Crippen LogP contribution >= 0.6 is 0 Å². The second-order valence-electron chi connectivity index (χ2n) is 7.56. The molecule has 1 aliphatic rings. The molecule has 2 atom stereocenters.